The predicted octanol–water partition coefficient (Wildman–Crippen LogP) is 1.24. The van der Waals surface area contributed by atoms with Gasteiger partial charge in [0.15, 0.2) is 9.84 Å². The van der Waals surface area contributed by atoms with E-state index in [1.165, 1.54) is 0 Å². The van der Waals surface area contributed by atoms with Crippen molar-refractivity contribution in [2.24, 2.45) is 0 Å². The Morgan fingerprint density at radius 1 is 1.44 bits per heavy atom. The van der Waals surface area contributed by atoms with Crippen molar-refractivity contribution in [2.45, 2.75) is 51.1 Å². The number of rotatable bonds is 6. The molecular formula is C17H28N4O3S. The number of nitrogens with one attached hydrogen (secondary N) is 1. The highest BCUT2D eigenvalue weighted by molar-refractivity contribution is 7.91. The minimum Gasteiger partial charge on any atom is -0.333 e. The van der Waals surface area contributed by atoms with Gasteiger partial charge in [0, 0.05) is 25.3 Å². The van der Waals surface area contributed by atoms with Crippen LogP contribution in [0.2, 0.25) is 0 Å². The van der Waals surface area contributed by atoms with Crippen LogP contribution >= 0.6 is 0 Å². The van der Waals surface area contributed by atoms with Crippen LogP contribution in [0.25, 0.3) is 0 Å². The highest BCUT2D eigenvalue weighted by Gasteiger charge is 2.35. The molecule has 2 fully saturated rings. The molecule has 2 atom stereocenters. The van der Waals surface area contributed by atoms with Crippen LogP contribution in [-0.4, -0.2) is 66.2 Å². The smallest absolute Gasteiger partial charge is 0.274 e. The summed E-state index contributed by atoms with van der Waals surface area (Å²) in [5, 5.41) is 7.86. The van der Waals surface area contributed by atoms with Gasteiger partial charge in [-0.25, -0.2) is 8.42 Å². The average molecular weight is 369 g/mol. The number of nitrogens with zero attached hydrogens (tertiary/aromatic N) is 3. The fourth-order valence-corrected chi connectivity index (χ4v) is 5.39. The molecule has 0 aliphatic carbocycles. The van der Waals surface area contributed by atoms with Crippen molar-refractivity contribution in [3.05, 3.63) is 18.0 Å². The van der Waals surface area contributed by atoms with Gasteiger partial charge in [-0.15, -0.1) is 0 Å². The summed E-state index contributed by atoms with van der Waals surface area (Å²) in [4.78, 5) is 14.7. The lowest BCUT2D eigenvalue weighted by Crippen LogP contribution is -2.42. The fourth-order valence-electron chi connectivity index (χ4n) is 3.66. The number of carbonyl (C=O) groups is 1. The molecule has 1 aromatic heterocycles. The number of piperidine rings is 1. The van der Waals surface area contributed by atoms with Gasteiger partial charge < -0.3 is 10.2 Å². The quantitative estimate of drug-likeness (QED) is 0.817. The number of unbranched alkanes of at least 4 members (excludes halogenated alkanes) is 1. The van der Waals surface area contributed by atoms with Crippen LogP contribution in [0.15, 0.2) is 12.3 Å². The van der Waals surface area contributed by atoms with Crippen molar-refractivity contribution >= 4 is 15.7 Å². The summed E-state index contributed by atoms with van der Waals surface area (Å²) in [7, 11) is -3.02. The van der Waals surface area contributed by atoms with E-state index in [2.05, 4.69) is 17.3 Å². The van der Waals surface area contributed by atoms with Gasteiger partial charge in [-0.3, -0.25) is 9.48 Å². The van der Waals surface area contributed by atoms with Crippen LogP contribution in [0.1, 0.15) is 55.6 Å². The van der Waals surface area contributed by atoms with Gasteiger partial charge in [-0.05, 0) is 38.3 Å². The van der Waals surface area contributed by atoms with Crippen molar-refractivity contribution < 1.29 is 13.2 Å². The predicted molar refractivity (Wildman–Crippen MR) is 96.4 cm³/mol. The molecule has 3 rings (SSSR count). The van der Waals surface area contributed by atoms with Gasteiger partial charge in [-0.1, -0.05) is 13.3 Å². The van der Waals surface area contributed by atoms with Crippen molar-refractivity contribution in [1.29, 1.82) is 0 Å². The van der Waals surface area contributed by atoms with Crippen molar-refractivity contribution in [2.75, 3.05) is 31.1 Å². The number of amides is 1. The molecule has 0 radical (unpaired) electrons. The van der Waals surface area contributed by atoms with Crippen LogP contribution in [0.5, 0.6) is 0 Å². The molecule has 140 valence electrons. The molecule has 2 aliphatic rings. The summed E-state index contributed by atoms with van der Waals surface area (Å²) in [5.74, 6) is 0.115. The summed E-state index contributed by atoms with van der Waals surface area (Å²) >= 11 is 0. The molecule has 1 aromatic rings. The van der Waals surface area contributed by atoms with E-state index in [1.807, 2.05) is 10.9 Å². The zero-order chi connectivity index (χ0) is 17.9. The van der Waals surface area contributed by atoms with E-state index in [9.17, 15) is 13.2 Å². The minimum atomic E-state index is -3.02. The maximum atomic E-state index is 13.0. The van der Waals surface area contributed by atoms with Gasteiger partial charge in [0.25, 0.3) is 5.91 Å². The summed E-state index contributed by atoms with van der Waals surface area (Å²) < 4.78 is 25.5. The molecule has 0 bridgehead atoms. The summed E-state index contributed by atoms with van der Waals surface area (Å²) in [6, 6.07) is 1.83. The molecule has 0 saturated carbocycles. The van der Waals surface area contributed by atoms with E-state index in [0.717, 1.165) is 38.8 Å². The Hall–Kier alpha value is -1.41. The lowest BCUT2D eigenvalue weighted by atomic mass is 10.1. The molecule has 0 aromatic carbocycles. The first kappa shape index (κ1) is 18.4. The molecule has 7 nitrogen and oxygen atoms in total. The van der Waals surface area contributed by atoms with Crippen LogP contribution < -0.4 is 5.32 Å². The third-order valence-electron chi connectivity index (χ3n) is 5.14. The molecular weight excluding hydrogens is 340 g/mol. The van der Waals surface area contributed by atoms with Crippen molar-refractivity contribution in [1.82, 2.24) is 20.0 Å². The van der Waals surface area contributed by atoms with Gasteiger partial charge >= 0.3 is 0 Å². The summed E-state index contributed by atoms with van der Waals surface area (Å²) in [6.45, 7) is 4.56. The van der Waals surface area contributed by atoms with E-state index >= 15 is 0 Å². The first-order chi connectivity index (χ1) is 12.0. The third kappa shape index (κ3) is 4.41. The maximum Gasteiger partial charge on any atom is 0.274 e. The second-order valence-electron chi connectivity index (χ2n) is 7.09. The number of sulfone groups is 1. The molecule has 0 spiro atoms. The molecule has 1 N–H and O–H groups in total. The molecule has 8 heteroatoms. The Bertz CT molecular complexity index is 695. The van der Waals surface area contributed by atoms with Crippen LogP contribution in [0.4, 0.5) is 0 Å². The first-order valence-electron chi connectivity index (χ1n) is 9.27. The highest BCUT2D eigenvalue weighted by atomic mass is 32.2. The Labute approximate surface area is 149 Å². The standard InChI is InChI=1S/C17H28N4O3S/c1-2-3-9-20(15-7-11-25(23,24)13-15)17(22)16-6-10-21(19-16)14-5-4-8-18-12-14/h6,10,14-15,18H,2-5,7-9,11-13H2,1H3. The molecule has 1 amide bonds. The summed E-state index contributed by atoms with van der Waals surface area (Å²) in [5.41, 5.74) is 0.422. The van der Waals surface area contributed by atoms with Crippen LogP contribution in [0, 0.1) is 0 Å². The topological polar surface area (TPSA) is 84.3 Å². The van der Waals surface area contributed by atoms with E-state index < -0.39 is 9.84 Å². The van der Waals surface area contributed by atoms with E-state index in [-0.39, 0.29) is 29.5 Å². The Morgan fingerprint density at radius 3 is 2.92 bits per heavy atom. The average Bonchev–Trinajstić information content (AvgIpc) is 3.23. The fraction of sp³-hybridized carbons (Fsp3) is 0.765. The number of carbonyl (C=O) groups excluding carboxylic acids is 1. The lowest BCUT2D eigenvalue weighted by molar-refractivity contribution is 0.0686. The Balaban J connectivity index is 1.74. The molecule has 2 unspecified atom stereocenters. The van der Waals surface area contributed by atoms with Crippen molar-refractivity contribution in [3.63, 3.8) is 0 Å². The van der Waals surface area contributed by atoms with E-state index in [1.54, 1.807) is 11.0 Å². The second kappa shape index (κ2) is 7.86. The molecule has 25 heavy (non-hydrogen) atoms. The SMILES string of the molecule is CCCCN(C(=O)c1ccn(C2CCCNC2)n1)C1CCS(=O)(=O)C1. The normalized spacial score (nSPS) is 25.8. The maximum absolute atomic E-state index is 13.0. The number of aromatic nitrogens is 2. The number of hydrogen-bond donors (Lipinski definition) is 1. The minimum absolute atomic E-state index is 0.0791. The van der Waals surface area contributed by atoms with E-state index in [4.69, 9.17) is 0 Å². The van der Waals surface area contributed by atoms with Gasteiger partial charge in [0.05, 0.1) is 17.5 Å². The van der Waals surface area contributed by atoms with Crippen LogP contribution in [0.3, 0.4) is 0 Å². The Kier molecular flexibility index (Phi) is 5.78. The van der Waals surface area contributed by atoms with Gasteiger partial charge in [0.1, 0.15) is 5.69 Å². The second-order valence-corrected chi connectivity index (χ2v) is 9.32. The van der Waals surface area contributed by atoms with Gasteiger partial charge in [0.2, 0.25) is 0 Å². The zero-order valence-corrected chi connectivity index (χ0v) is 15.7. The highest BCUT2D eigenvalue weighted by Crippen LogP contribution is 2.21. The van der Waals surface area contributed by atoms with Crippen LogP contribution in [-0.2, 0) is 9.84 Å². The zero-order valence-electron chi connectivity index (χ0n) is 14.9. The first-order valence-corrected chi connectivity index (χ1v) is 11.1. The van der Waals surface area contributed by atoms with E-state index in [0.29, 0.717) is 18.7 Å². The lowest BCUT2D eigenvalue weighted by Gasteiger charge is -2.27. The molecule has 2 aliphatic heterocycles. The number of hydrogen-bond acceptors (Lipinski definition) is 5. The van der Waals surface area contributed by atoms with Gasteiger partial charge in [-0.2, -0.15) is 5.10 Å². The third-order valence-corrected chi connectivity index (χ3v) is 6.89. The molecule has 3 heterocycles. The van der Waals surface area contributed by atoms with Crippen molar-refractivity contribution in [3.8, 4) is 0 Å². The summed E-state index contributed by atoms with van der Waals surface area (Å²) in [6.07, 6.45) is 6.40. The monoisotopic (exact) mass is 368 g/mol. The Morgan fingerprint density at radius 2 is 2.28 bits per heavy atom. The largest absolute Gasteiger partial charge is 0.333 e. The molecule has 2 saturated heterocycles.